The smallest absolute Gasteiger partial charge is 0.395 e. The van der Waals surface area contributed by atoms with E-state index in [4.69, 9.17) is 20.6 Å². The van der Waals surface area contributed by atoms with Crippen LogP contribution in [0.4, 0.5) is 5.95 Å². The van der Waals surface area contributed by atoms with E-state index in [1.165, 1.54) is 19.6 Å². The van der Waals surface area contributed by atoms with Gasteiger partial charge < -0.3 is 35.8 Å². The molecule has 0 radical (unpaired) electrons. The highest BCUT2D eigenvalue weighted by Gasteiger charge is 2.18. The lowest BCUT2D eigenvalue weighted by Gasteiger charge is -2.16. The molecule has 0 aliphatic heterocycles. The first-order chi connectivity index (χ1) is 13.6. The molecule has 8 N–H and O–H groups in total. The summed E-state index contributed by atoms with van der Waals surface area (Å²) in [6.07, 6.45) is 1.55. The normalized spacial score (nSPS) is 12.8. The summed E-state index contributed by atoms with van der Waals surface area (Å²) in [7, 11) is -4.60. The van der Waals surface area contributed by atoms with Gasteiger partial charge in [-0.1, -0.05) is 20.8 Å². The number of phosphoric acid groups is 1. The number of nitrogens with two attached hydrogens (primary N) is 1. The van der Waals surface area contributed by atoms with E-state index >= 15 is 0 Å². The molecule has 166 valence electrons. The molecule has 0 fully saturated rings. The second kappa shape index (κ2) is 12.0. The fraction of sp³-hybridized carbons (Fsp3) is 0.625. The lowest BCUT2D eigenvalue weighted by atomic mass is 10.2. The first-order valence-electron chi connectivity index (χ1n) is 9.27. The molecule has 2 heterocycles. The highest BCUT2D eigenvalue weighted by Crippen LogP contribution is 2.35. The van der Waals surface area contributed by atoms with Crippen molar-refractivity contribution in [1.29, 1.82) is 0 Å². The molecule has 12 nitrogen and oxygen atoms in total. The van der Waals surface area contributed by atoms with Crippen molar-refractivity contribution in [2.75, 3.05) is 38.6 Å². The number of hydrogen-bond donors (Lipinski definition) is 7. The molecule has 0 aliphatic rings. The first-order valence-corrected chi connectivity index (χ1v) is 10.8. The number of aliphatic hydroxyl groups is 1. The predicted molar refractivity (Wildman–Crippen MR) is 110 cm³/mol. The summed E-state index contributed by atoms with van der Waals surface area (Å²) in [4.78, 5) is 40.4. The van der Waals surface area contributed by atoms with Crippen LogP contribution < -0.4 is 16.6 Å². The molecule has 2 aromatic rings. The number of nitrogen functional groups attached to an aromatic ring is 1. The van der Waals surface area contributed by atoms with E-state index in [0.717, 1.165) is 0 Å². The van der Waals surface area contributed by atoms with Crippen LogP contribution in [0.15, 0.2) is 11.0 Å². The van der Waals surface area contributed by atoms with E-state index in [-0.39, 0.29) is 24.6 Å². The van der Waals surface area contributed by atoms with Gasteiger partial charge in [-0.15, -0.1) is 0 Å². The topological polar surface area (TPSA) is 190 Å². The number of aromatic nitrogens is 3. The number of nitrogens with zero attached hydrogens (tertiary/aromatic N) is 2. The Morgan fingerprint density at radius 3 is 2.41 bits per heavy atom. The van der Waals surface area contributed by atoms with Crippen LogP contribution in [0.2, 0.25) is 0 Å². The summed E-state index contributed by atoms with van der Waals surface area (Å²) in [6.45, 7) is 9.55. The Morgan fingerprint density at radius 1 is 1.31 bits per heavy atom. The number of nitrogens with one attached hydrogen (secondary N) is 3. The summed E-state index contributed by atoms with van der Waals surface area (Å²) in [5.41, 5.74) is 6.33. The molecule has 0 saturated carbocycles. The van der Waals surface area contributed by atoms with Crippen LogP contribution in [0.25, 0.3) is 11.0 Å². The first kappa shape index (κ1) is 25.2. The minimum absolute atomic E-state index is 0.0260. The SMILES string of the molecule is CCN(CC)CC.Nc1nc2c(CN[C@H](CO)COP(=O)(O)O)c[nH]c2c(=O)[nH]1. The van der Waals surface area contributed by atoms with Crippen molar-refractivity contribution in [3.8, 4) is 0 Å². The Balaban J connectivity index is 0.000000516. The van der Waals surface area contributed by atoms with Crippen molar-refractivity contribution in [2.24, 2.45) is 0 Å². The third kappa shape index (κ3) is 8.62. The van der Waals surface area contributed by atoms with Gasteiger partial charge in [0.2, 0.25) is 5.95 Å². The van der Waals surface area contributed by atoms with Crippen LogP contribution in [0.1, 0.15) is 26.3 Å². The minimum atomic E-state index is -4.60. The minimum Gasteiger partial charge on any atom is -0.395 e. The zero-order chi connectivity index (χ0) is 22.0. The van der Waals surface area contributed by atoms with E-state index in [1.54, 1.807) is 6.20 Å². The third-order valence-electron chi connectivity index (χ3n) is 4.22. The second-order valence-corrected chi connectivity index (χ2v) is 7.39. The number of hydrogen-bond acceptors (Lipinski definition) is 8. The van der Waals surface area contributed by atoms with Gasteiger partial charge in [-0.3, -0.25) is 14.3 Å². The van der Waals surface area contributed by atoms with E-state index in [1.807, 2.05) is 0 Å². The largest absolute Gasteiger partial charge is 0.469 e. The van der Waals surface area contributed by atoms with Crippen LogP contribution >= 0.6 is 7.82 Å². The van der Waals surface area contributed by atoms with Gasteiger partial charge in [0.25, 0.3) is 5.56 Å². The molecule has 1 atom stereocenters. The quantitative estimate of drug-likeness (QED) is 0.245. The Hall–Kier alpha value is -1.79. The fourth-order valence-corrected chi connectivity index (χ4v) is 2.88. The molecule has 0 saturated heterocycles. The molecule has 2 aromatic heterocycles. The number of aliphatic hydroxyl groups excluding tert-OH is 1. The highest BCUT2D eigenvalue weighted by atomic mass is 31.2. The maximum absolute atomic E-state index is 11.6. The Labute approximate surface area is 168 Å². The zero-order valence-electron chi connectivity index (χ0n) is 16.9. The van der Waals surface area contributed by atoms with Gasteiger partial charge in [0.1, 0.15) is 11.0 Å². The molecule has 0 spiro atoms. The Kier molecular flexibility index (Phi) is 10.5. The van der Waals surface area contributed by atoms with Crippen LogP contribution in [-0.2, 0) is 15.6 Å². The molecular weight excluding hydrogens is 403 g/mol. The number of anilines is 1. The highest BCUT2D eigenvalue weighted by molar-refractivity contribution is 7.46. The van der Waals surface area contributed by atoms with Gasteiger partial charge >= 0.3 is 7.82 Å². The van der Waals surface area contributed by atoms with Crippen molar-refractivity contribution < 1.29 is 24.0 Å². The molecule has 0 amide bonds. The summed E-state index contributed by atoms with van der Waals surface area (Å²) in [5, 5.41) is 12.0. The molecular formula is C16H31N6O6P. The monoisotopic (exact) mass is 434 g/mol. The molecule has 29 heavy (non-hydrogen) atoms. The van der Waals surface area contributed by atoms with Crippen molar-refractivity contribution in [1.82, 2.24) is 25.2 Å². The van der Waals surface area contributed by atoms with Gasteiger partial charge in [-0.2, -0.15) is 0 Å². The molecule has 13 heteroatoms. The van der Waals surface area contributed by atoms with E-state index in [2.05, 4.69) is 50.5 Å². The number of rotatable bonds is 10. The number of aromatic amines is 2. The van der Waals surface area contributed by atoms with Gasteiger partial charge in [0.05, 0.1) is 19.3 Å². The Morgan fingerprint density at radius 2 is 1.93 bits per heavy atom. The van der Waals surface area contributed by atoms with Gasteiger partial charge in [-0.05, 0) is 19.6 Å². The summed E-state index contributed by atoms with van der Waals surface area (Å²) in [5.74, 6) is -0.0260. The maximum Gasteiger partial charge on any atom is 0.469 e. The van der Waals surface area contributed by atoms with E-state index in [0.29, 0.717) is 11.1 Å². The molecule has 0 bridgehead atoms. The average Bonchev–Trinajstić information content (AvgIpc) is 3.06. The fourth-order valence-electron chi connectivity index (χ4n) is 2.51. The summed E-state index contributed by atoms with van der Waals surface area (Å²) in [6, 6.07) is -0.697. The van der Waals surface area contributed by atoms with E-state index < -0.39 is 26.0 Å². The maximum atomic E-state index is 11.6. The van der Waals surface area contributed by atoms with E-state index in [9.17, 15) is 9.36 Å². The van der Waals surface area contributed by atoms with Crippen LogP contribution in [-0.4, -0.2) is 73.6 Å². The lowest BCUT2D eigenvalue weighted by Crippen LogP contribution is -2.36. The van der Waals surface area contributed by atoms with Crippen LogP contribution in [0.3, 0.4) is 0 Å². The van der Waals surface area contributed by atoms with Crippen LogP contribution in [0, 0.1) is 0 Å². The summed E-state index contributed by atoms with van der Waals surface area (Å²) < 4.78 is 15.0. The van der Waals surface area contributed by atoms with Crippen LogP contribution in [0.5, 0.6) is 0 Å². The molecule has 0 aliphatic carbocycles. The van der Waals surface area contributed by atoms with Crippen molar-refractivity contribution >= 4 is 24.8 Å². The van der Waals surface area contributed by atoms with Gasteiger partial charge in [-0.25, -0.2) is 9.55 Å². The number of fused-ring (bicyclic) bond motifs is 1. The van der Waals surface area contributed by atoms with Crippen molar-refractivity contribution in [2.45, 2.75) is 33.4 Å². The molecule has 2 rings (SSSR count). The average molecular weight is 434 g/mol. The summed E-state index contributed by atoms with van der Waals surface area (Å²) >= 11 is 0. The van der Waals surface area contributed by atoms with Gasteiger partial charge in [0, 0.05) is 18.3 Å². The number of H-pyrrole nitrogens is 2. The standard InChI is InChI=1S/C10H16N5O6P.C6H15N/c11-10-14-7-5(2-13-8(7)9(17)15-10)1-12-6(3-16)4-21-22(18,19)20;1-4-7(5-2)6-3/h2,6,12-13,16H,1,3-4H2,(H2,18,19,20)(H3,11,14,15,17);4-6H2,1-3H3/t6-;/m1./s1. The number of phosphoric ester groups is 1. The van der Waals surface area contributed by atoms with Crippen molar-refractivity contribution in [3.05, 3.63) is 22.1 Å². The molecule has 0 aromatic carbocycles. The lowest BCUT2D eigenvalue weighted by molar-refractivity contribution is 0.145. The Bertz CT molecular complexity index is 841. The predicted octanol–water partition coefficient (Wildman–Crippen LogP) is -0.259. The van der Waals surface area contributed by atoms with Gasteiger partial charge in [0.15, 0.2) is 0 Å². The van der Waals surface area contributed by atoms with Crippen molar-refractivity contribution in [3.63, 3.8) is 0 Å². The third-order valence-corrected chi connectivity index (χ3v) is 4.71. The molecule has 0 unspecified atom stereocenters. The zero-order valence-corrected chi connectivity index (χ0v) is 17.8. The second-order valence-electron chi connectivity index (χ2n) is 6.15.